The zero-order chi connectivity index (χ0) is 33.1. The van der Waals surface area contributed by atoms with Crippen LogP contribution in [0.2, 0.25) is 0 Å². The maximum Gasteiger partial charge on any atom is 0.200 e. The molecule has 0 amide bonds. The number of ketones is 2. The van der Waals surface area contributed by atoms with E-state index in [1.807, 2.05) is 46.8 Å². The summed E-state index contributed by atoms with van der Waals surface area (Å²) in [6.45, 7) is 15.5. The predicted octanol–water partition coefficient (Wildman–Crippen LogP) is 7.38. The van der Waals surface area contributed by atoms with Gasteiger partial charge in [0.2, 0.25) is 0 Å². The third-order valence-electron chi connectivity index (χ3n) is 10.0. The molecule has 0 aromatic heterocycles. The number of aromatic hydroxyl groups is 2. The molecule has 5 aliphatic rings. The van der Waals surface area contributed by atoms with Crippen LogP contribution < -0.4 is 4.74 Å². The van der Waals surface area contributed by atoms with Gasteiger partial charge in [-0.1, -0.05) is 47.1 Å². The highest BCUT2D eigenvalue weighted by Crippen LogP contribution is 2.68. The summed E-state index contributed by atoms with van der Waals surface area (Å²) in [6.07, 6.45) is 12.9. The fraction of sp³-hybridized carbons (Fsp3) is 0.500. The van der Waals surface area contributed by atoms with Crippen molar-refractivity contribution in [3.63, 3.8) is 0 Å². The summed E-state index contributed by atoms with van der Waals surface area (Å²) in [5.41, 5.74) is 0.953. The van der Waals surface area contributed by atoms with E-state index in [0.717, 1.165) is 30.3 Å². The Labute approximate surface area is 266 Å². The van der Waals surface area contributed by atoms with E-state index in [2.05, 4.69) is 19.9 Å². The van der Waals surface area contributed by atoms with Crippen LogP contribution in [0.25, 0.3) is 0 Å². The van der Waals surface area contributed by atoms with E-state index in [0.29, 0.717) is 23.1 Å². The topological polar surface area (TPSA) is 110 Å². The largest absolute Gasteiger partial charge is 0.507 e. The fourth-order valence-corrected chi connectivity index (χ4v) is 7.77. The monoisotopic (exact) mass is 614 g/mol. The Hall–Kier alpha value is -3.71. The Morgan fingerprint density at radius 2 is 1.60 bits per heavy atom. The lowest BCUT2D eigenvalue weighted by Crippen LogP contribution is -2.72. The van der Waals surface area contributed by atoms with Crippen molar-refractivity contribution in [2.45, 2.75) is 111 Å². The van der Waals surface area contributed by atoms with Gasteiger partial charge in [-0.25, -0.2) is 0 Å². The highest BCUT2D eigenvalue weighted by atomic mass is 16.6. The number of carbonyl (C=O) groups excluding carboxylic acids is 3. The van der Waals surface area contributed by atoms with E-state index >= 15 is 0 Å². The second-order valence-corrected chi connectivity index (χ2v) is 14.2. The first-order chi connectivity index (χ1) is 21.1. The zero-order valence-electron chi connectivity index (χ0n) is 27.8. The van der Waals surface area contributed by atoms with Crippen molar-refractivity contribution in [1.82, 2.24) is 0 Å². The van der Waals surface area contributed by atoms with Crippen LogP contribution in [0.5, 0.6) is 17.2 Å². The second kappa shape index (κ2) is 11.6. The molecule has 240 valence electrons. The van der Waals surface area contributed by atoms with Crippen LogP contribution in [-0.4, -0.2) is 44.9 Å². The SMILES string of the molecule is CC(C)=CCCC(C)=CCc1c(O)c(CC=C(C)C)c2c(c1O)C(=O)C1=CC3CC4C(C)(C)OC(CC=C(C)C=O)(C3=O)C14O2. The van der Waals surface area contributed by atoms with Crippen LogP contribution in [0.4, 0.5) is 0 Å². The zero-order valence-corrected chi connectivity index (χ0v) is 27.8. The van der Waals surface area contributed by atoms with Crippen LogP contribution in [0.1, 0.15) is 103 Å². The van der Waals surface area contributed by atoms with Crippen LogP contribution in [-0.2, 0) is 27.2 Å². The number of carbonyl (C=O) groups is 3. The van der Waals surface area contributed by atoms with E-state index in [1.54, 1.807) is 19.1 Å². The van der Waals surface area contributed by atoms with Gasteiger partial charge < -0.3 is 19.7 Å². The van der Waals surface area contributed by atoms with Crippen LogP contribution in [0, 0.1) is 11.8 Å². The van der Waals surface area contributed by atoms with Crippen LogP contribution in [0.3, 0.4) is 0 Å². The van der Waals surface area contributed by atoms with Crippen molar-refractivity contribution in [3.8, 4) is 17.2 Å². The number of benzene rings is 1. The number of hydrogen-bond acceptors (Lipinski definition) is 7. The molecule has 6 rings (SSSR count). The van der Waals surface area contributed by atoms with Crippen molar-refractivity contribution < 1.29 is 34.1 Å². The minimum atomic E-state index is -1.55. The Bertz CT molecular complexity index is 1620. The fourth-order valence-electron chi connectivity index (χ4n) is 7.77. The van der Waals surface area contributed by atoms with Crippen molar-refractivity contribution in [3.05, 3.63) is 74.9 Å². The van der Waals surface area contributed by atoms with Crippen molar-refractivity contribution in [2.24, 2.45) is 11.8 Å². The number of aldehydes is 1. The third kappa shape index (κ3) is 5.04. The van der Waals surface area contributed by atoms with Gasteiger partial charge in [0.05, 0.1) is 5.60 Å². The average molecular weight is 615 g/mol. The van der Waals surface area contributed by atoms with Crippen molar-refractivity contribution >= 4 is 17.9 Å². The maximum atomic E-state index is 14.7. The van der Waals surface area contributed by atoms with Gasteiger partial charge in [-0.05, 0) is 93.1 Å². The van der Waals surface area contributed by atoms with Gasteiger partial charge in [0.15, 0.2) is 22.8 Å². The summed E-state index contributed by atoms with van der Waals surface area (Å²) in [5.74, 6) is -1.83. The lowest BCUT2D eigenvalue weighted by Gasteiger charge is -2.56. The van der Waals surface area contributed by atoms with Gasteiger partial charge in [-0.3, -0.25) is 14.4 Å². The minimum Gasteiger partial charge on any atom is -0.507 e. The summed E-state index contributed by atoms with van der Waals surface area (Å²) in [5, 5.41) is 23.4. The molecule has 2 fully saturated rings. The molecule has 45 heavy (non-hydrogen) atoms. The summed E-state index contributed by atoms with van der Waals surface area (Å²) >= 11 is 0. The lowest BCUT2D eigenvalue weighted by atomic mass is 9.51. The summed E-state index contributed by atoms with van der Waals surface area (Å²) in [7, 11) is 0. The molecule has 4 bridgehead atoms. The highest BCUT2D eigenvalue weighted by Gasteiger charge is 2.81. The molecule has 7 nitrogen and oxygen atoms in total. The van der Waals surface area contributed by atoms with Crippen molar-refractivity contribution in [1.29, 1.82) is 0 Å². The molecule has 3 aliphatic carbocycles. The molecule has 1 saturated heterocycles. The molecule has 2 N–H and O–H groups in total. The number of Topliss-reactive ketones (excluding diaryl/α,β-unsaturated/α-hetero) is 2. The number of hydrogen-bond donors (Lipinski definition) is 2. The first-order valence-electron chi connectivity index (χ1n) is 16.0. The van der Waals surface area contributed by atoms with E-state index in [9.17, 15) is 24.6 Å². The standard InChI is InChI=1S/C38H46O7/c1-21(2)10-9-11-23(5)13-15-26-31(40)27(14-12-22(3)4)34-30(32(26)41)33(42)28-18-25-19-29-36(7,8)45-37(35(25)43,38(28,29)44-34)17-16-24(6)20-39/h10,12-13,16,18,20,25,29,40-41H,9,11,14-15,17,19H2,1-8H3. The molecule has 1 aromatic carbocycles. The van der Waals surface area contributed by atoms with E-state index < -0.39 is 28.5 Å². The number of fused-ring (bicyclic) bond motifs is 1. The van der Waals surface area contributed by atoms with Gasteiger partial charge in [-0.15, -0.1) is 0 Å². The first kappa shape index (κ1) is 32.7. The normalized spacial score (nSPS) is 27.8. The van der Waals surface area contributed by atoms with E-state index in [4.69, 9.17) is 9.47 Å². The molecule has 4 atom stereocenters. The number of allylic oxidation sites excluding steroid dienone is 8. The second-order valence-electron chi connectivity index (χ2n) is 14.2. The predicted molar refractivity (Wildman–Crippen MR) is 174 cm³/mol. The first-order valence-corrected chi connectivity index (χ1v) is 16.0. The van der Waals surface area contributed by atoms with Gasteiger partial charge in [0.1, 0.15) is 29.1 Å². The Morgan fingerprint density at radius 1 is 0.933 bits per heavy atom. The smallest absolute Gasteiger partial charge is 0.200 e. The van der Waals surface area contributed by atoms with Gasteiger partial charge in [0.25, 0.3) is 0 Å². The molecule has 1 spiro atoms. The molecule has 7 heteroatoms. The third-order valence-corrected chi connectivity index (χ3v) is 10.0. The van der Waals surface area contributed by atoms with Gasteiger partial charge in [-0.2, -0.15) is 0 Å². The maximum absolute atomic E-state index is 14.7. The highest BCUT2D eigenvalue weighted by molar-refractivity contribution is 6.18. The molecule has 2 aliphatic heterocycles. The molecule has 1 aromatic rings. The van der Waals surface area contributed by atoms with Crippen LogP contribution in [0.15, 0.2) is 58.2 Å². The summed E-state index contributed by atoms with van der Waals surface area (Å²) in [6, 6.07) is 0. The minimum absolute atomic E-state index is 0.0133. The quantitative estimate of drug-likeness (QED) is 0.161. The lowest BCUT2D eigenvalue weighted by molar-refractivity contribution is -0.171. The van der Waals surface area contributed by atoms with Gasteiger partial charge in [0, 0.05) is 35.0 Å². The Morgan fingerprint density at radius 3 is 2.24 bits per heavy atom. The molecule has 1 saturated carbocycles. The average Bonchev–Trinajstić information content (AvgIpc) is 3.12. The van der Waals surface area contributed by atoms with Crippen molar-refractivity contribution in [2.75, 3.05) is 0 Å². The summed E-state index contributed by atoms with van der Waals surface area (Å²) in [4.78, 5) is 40.4. The molecule has 0 radical (unpaired) electrons. The molecule has 4 unspecified atom stereocenters. The van der Waals surface area contributed by atoms with Gasteiger partial charge >= 0.3 is 0 Å². The van der Waals surface area contributed by atoms with E-state index in [1.165, 1.54) is 5.57 Å². The molecular formula is C38H46O7. The Balaban J connectivity index is 1.71. The number of ether oxygens (including phenoxy) is 2. The summed E-state index contributed by atoms with van der Waals surface area (Å²) < 4.78 is 13.7. The van der Waals surface area contributed by atoms with E-state index in [-0.39, 0.29) is 59.3 Å². The molecular weight excluding hydrogens is 568 g/mol. The number of phenolic OH excluding ortho intramolecular Hbond substituents is 2. The molecule has 2 heterocycles. The van der Waals surface area contributed by atoms with Crippen LogP contribution >= 0.6 is 0 Å². The number of rotatable bonds is 10. The Kier molecular flexibility index (Phi) is 8.41. The number of phenols is 2.